The number of carbonyl (C=O) groups excluding carboxylic acids is 1. The van der Waals surface area contributed by atoms with Gasteiger partial charge in [0.15, 0.2) is 0 Å². The summed E-state index contributed by atoms with van der Waals surface area (Å²) < 4.78 is 0. The molecule has 0 fully saturated rings. The van der Waals surface area contributed by atoms with E-state index in [1.54, 1.807) is 24.3 Å². The Balaban J connectivity index is 2.67. The Morgan fingerprint density at radius 1 is 1.44 bits per heavy atom. The van der Waals surface area contributed by atoms with Gasteiger partial charge in [0, 0.05) is 11.3 Å². The average Bonchev–Trinajstić information content (AvgIpc) is 2.37. The molecule has 0 saturated heterocycles. The van der Waals surface area contributed by atoms with Crippen LogP contribution < -0.4 is 11.1 Å². The van der Waals surface area contributed by atoms with Gasteiger partial charge in [-0.05, 0) is 44.8 Å². The first-order chi connectivity index (χ1) is 8.45. The van der Waals surface area contributed by atoms with Gasteiger partial charge in [0.25, 0.3) is 0 Å². The van der Waals surface area contributed by atoms with Crippen LogP contribution in [-0.2, 0) is 4.79 Å². The fourth-order valence-corrected chi connectivity index (χ4v) is 1.57. The highest BCUT2D eigenvalue weighted by atomic mass is 32.1. The van der Waals surface area contributed by atoms with E-state index in [0.29, 0.717) is 4.99 Å². The zero-order valence-corrected chi connectivity index (χ0v) is 11.8. The number of hydrogen-bond acceptors (Lipinski definition) is 3. The lowest BCUT2D eigenvalue weighted by Crippen LogP contribution is -2.39. The van der Waals surface area contributed by atoms with Crippen molar-refractivity contribution in [2.45, 2.75) is 19.9 Å². The molecule has 1 aromatic carbocycles. The normalized spacial score (nSPS) is 12.2. The first-order valence-corrected chi connectivity index (χ1v) is 6.27. The quantitative estimate of drug-likeness (QED) is 0.794. The highest BCUT2D eigenvalue weighted by Gasteiger charge is 2.16. The summed E-state index contributed by atoms with van der Waals surface area (Å²) in [6.45, 7) is 4.72. The third kappa shape index (κ3) is 3.78. The lowest BCUT2D eigenvalue weighted by molar-refractivity contribution is -0.120. The maximum Gasteiger partial charge on any atom is 0.241 e. The van der Waals surface area contributed by atoms with Gasteiger partial charge >= 0.3 is 0 Å². The standard InChI is InChI=1S/C13H19N3OS/c1-4-16(3)9(2)13(17)15-11-7-5-10(6-8-11)12(14)18/h5-9H,4H2,1-3H3,(H2,14,18)(H,15,17). The van der Waals surface area contributed by atoms with Crippen molar-refractivity contribution in [3.63, 3.8) is 0 Å². The minimum atomic E-state index is -0.162. The second-order valence-corrected chi connectivity index (χ2v) is 4.62. The molecule has 1 rings (SSSR count). The minimum absolute atomic E-state index is 0.0255. The fraction of sp³-hybridized carbons (Fsp3) is 0.385. The molecule has 1 aromatic rings. The second kappa shape index (κ2) is 6.47. The molecule has 0 radical (unpaired) electrons. The van der Waals surface area contributed by atoms with Crippen LogP contribution in [0, 0.1) is 0 Å². The Morgan fingerprint density at radius 3 is 2.44 bits per heavy atom. The molecule has 1 atom stereocenters. The maximum atomic E-state index is 11.9. The first kappa shape index (κ1) is 14.6. The van der Waals surface area contributed by atoms with Gasteiger partial charge in [-0.1, -0.05) is 19.1 Å². The van der Waals surface area contributed by atoms with Gasteiger partial charge in [-0.15, -0.1) is 0 Å². The van der Waals surface area contributed by atoms with Gasteiger partial charge in [0.2, 0.25) is 5.91 Å². The summed E-state index contributed by atoms with van der Waals surface area (Å²) in [5.74, 6) is -0.0255. The van der Waals surface area contributed by atoms with Crippen LogP contribution in [0.1, 0.15) is 19.4 Å². The molecule has 1 amide bonds. The second-order valence-electron chi connectivity index (χ2n) is 4.18. The minimum Gasteiger partial charge on any atom is -0.389 e. The van der Waals surface area contributed by atoms with Crippen LogP contribution in [0.15, 0.2) is 24.3 Å². The van der Waals surface area contributed by atoms with E-state index in [1.807, 2.05) is 25.8 Å². The van der Waals surface area contributed by atoms with Gasteiger partial charge in [-0.2, -0.15) is 0 Å². The molecule has 0 aliphatic carbocycles. The van der Waals surface area contributed by atoms with E-state index in [2.05, 4.69) is 5.32 Å². The van der Waals surface area contributed by atoms with E-state index >= 15 is 0 Å². The number of hydrogen-bond donors (Lipinski definition) is 2. The molecule has 0 aliphatic rings. The molecular formula is C13H19N3OS. The number of likely N-dealkylation sites (N-methyl/N-ethyl adjacent to an activating group) is 1. The van der Waals surface area contributed by atoms with Crippen molar-refractivity contribution >= 4 is 28.8 Å². The molecular weight excluding hydrogens is 246 g/mol. The summed E-state index contributed by atoms with van der Waals surface area (Å²) in [4.78, 5) is 14.3. The van der Waals surface area contributed by atoms with Crippen molar-refractivity contribution in [2.24, 2.45) is 5.73 Å². The number of nitrogens with two attached hydrogens (primary N) is 1. The Labute approximate surface area is 113 Å². The molecule has 0 bridgehead atoms. The molecule has 5 heteroatoms. The summed E-state index contributed by atoms with van der Waals surface area (Å²) in [5, 5.41) is 2.86. The number of thiocarbonyl (C=S) groups is 1. The molecule has 0 spiro atoms. The van der Waals surface area contributed by atoms with Crippen LogP contribution >= 0.6 is 12.2 Å². The van der Waals surface area contributed by atoms with Crippen molar-refractivity contribution in [1.82, 2.24) is 4.90 Å². The zero-order chi connectivity index (χ0) is 13.7. The van der Waals surface area contributed by atoms with Gasteiger partial charge < -0.3 is 11.1 Å². The van der Waals surface area contributed by atoms with Crippen LogP contribution in [-0.4, -0.2) is 35.4 Å². The summed E-state index contributed by atoms with van der Waals surface area (Å²) in [6.07, 6.45) is 0. The molecule has 1 unspecified atom stereocenters. The summed E-state index contributed by atoms with van der Waals surface area (Å²) >= 11 is 4.87. The number of benzene rings is 1. The van der Waals surface area contributed by atoms with Crippen molar-refractivity contribution in [2.75, 3.05) is 18.9 Å². The molecule has 0 saturated carbocycles. The van der Waals surface area contributed by atoms with E-state index in [-0.39, 0.29) is 11.9 Å². The van der Waals surface area contributed by atoms with Crippen LogP contribution in [0.4, 0.5) is 5.69 Å². The van der Waals surface area contributed by atoms with E-state index in [1.165, 1.54) is 0 Å². The smallest absolute Gasteiger partial charge is 0.241 e. The van der Waals surface area contributed by atoms with E-state index in [0.717, 1.165) is 17.8 Å². The number of amides is 1. The maximum absolute atomic E-state index is 11.9. The highest BCUT2D eigenvalue weighted by molar-refractivity contribution is 7.80. The first-order valence-electron chi connectivity index (χ1n) is 5.86. The summed E-state index contributed by atoms with van der Waals surface area (Å²) in [6, 6.07) is 7.03. The third-order valence-electron chi connectivity index (χ3n) is 2.98. The number of nitrogens with one attached hydrogen (secondary N) is 1. The van der Waals surface area contributed by atoms with Gasteiger partial charge in [0.1, 0.15) is 4.99 Å². The molecule has 98 valence electrons. The Hall–Kier alpha value is -1.46. The average molecular weight is 265 g/mol. The van der Waals surface area contributed by atoms with E-state index in [9.17, 15) is 4.79 Å². The predicted octanol–water partition coefficient (Wildman–Crippen LogP) is 1.60. The number of nitrogens with zero attached hydrogens (tertiary/aromatic N) is 1. The lowest BCUT2D eigenvalue weighted by atomic mass is 10.2. The van der Waals surface area contributed by atoms with Crippen molar-refractivity contribution in [3.05, 3.63) is 29.8 Å². The monoisotopic (exact) mass is 265 g/mol. The fourth-order valence-electron chi connectivity index (χ4n) is 1.44. The number of anilines is 1. The van der Waals surface area contributed by atoms with Crippen LogP contribution in [0.3, 0.4) is 0 Å². The van der Waals surface area contributed by atoms with Crippen LogP contribution in [0.2, 0.25) is 0 Å². The zero-order valence-electron chi connectivity index (χ0n) is 10.9. The number of carbonyl (C=O) groups is 1. The van der Waals surface area contributed by atoms with E-state index in [4.69, 9.17) is 18.0 Å². The molecule has 0 aromatic heterocycles. The molecule has 0 heterocycles. The Kier molecular flexibility index (Phi) is 5.25. The number of rotatable bonds is 5. The van der Waals surface area contributed by atoms with Gasteiger partial charge in [-0.25, -0.2) is 0 Å². The largest absolute Gasteiger partial charge is 0.389 e. The Bertz CT molecular complexity index is 430. The van der Waals surface area contributed by atoms with Crippen molar-refractivity contribution < 1.29 is 4.79 Å². The molecule has 18 heavy (non-hydrogen) atoms. The van der Waals surface area contributed by atoms with Crippen molar-refractivity contribution in [1.29, 1.82) is 0 Å². The molecule has 0 aliphatic heterocycles. The topological polar surface area (TPSA) is 58.4 Å². The Morgan fingerprint density at radius 2 is 2.00 bits per heavy atom. The van der Waals surface area contributed by atoms with Crippen molar-refractivity contribution in [3.8, 4) is 0 Å². The molecule has 4 nitrogen and oxygen atoms in total. The van der Waals surface area contributed by atoms with Crippen LogP contribution in [0.25, 0.3) is 0 Å². The van der Waals surface area contributed by atoms with Gasteiger partial charge in [-0.3, -0.25) is 9.69 Å². The van der Waals surface area contributed by atoms with E-state index < -0.39 is 0 Å². The highest BCUT2D eigenvalue weighted by Crippen LogP contribution is 2.10. The molecule has 3 N–H and O–H groups in total. The summed E-state index contributed by atoms with van der Waals surface area (Å²) in [5.41, 5.74) is 7.05. The van der Waals surface area contributed by atoms with Crippen LogP contribution in [0.5, 0.6) is 0 Å². The predicted molar refractivity (Wildman–Crippen MR) is 78.7 cm³/mol. The SMILES string of the molecule is CCN(C)C(C)C(=O)Nc1ccc(C(N)=S)cc1. The lowest BCUT2D eigenvalue weighted by Gasteiger charge is -2.22. The summed E-state index contributed by atoms with van der Waals surface area (Å²) in [7, 11) is 1.92. The third-order valence-corrected chi connectivity index (χ3v) is 3.21. The van der Waals surface area contributed by atoms with Gasteiger partial charge in [0.05, 0.1) is 6.04 Å².